The van der Waals surface area contributed by atoms with Crippen LogP contribution >= 0.6 is 0 Å². The van der Waals surface area contributed by atoms with Crippen molar-refractivity contribution < 1.29 is 4.90 Å². The summed E-state index contributed by atoms with van der Waals surface area (Å²) in [6, 6.07) is 17.8. The molecule has 1 N–H and O–H groups in total. The van der Waals surface area contributed by atoms with E-state index in [1.54, 1.807) is 0 Å². The Kier molecular flexibility index (Phi) is 2.69. The summed E-state index contributed by atoms with van der Waals surface area (Å²) in [4.78, 5) is 1.52. The van der Waals surface area contributed by atoms with E-state index in [1.165, 1.54) is 40.4 Å². The van der Waals surface area contributed by atoms with Gasteiger partial charge in [0.05, 0.1) is 6.54 Å². The number of rotatable bonds is 2. The fourth-order valence-corrected chi connectivity index (χ4v) is 2.71. The van der Waals surface area contributed by atoms with Gasteiger partial charge in [-0.2, -0.15) is 0 Å². The molecule has 2 aromatic rings. The fraction of sp³-hybridized carbons (Fsp3) is 0.250. The molecule has 0 spiro atoms. The first-order valence-electron chi connectivity index (χ1n) is 6.42. The molecule has 1 heteroatoms. The van der Waals surface area contributed by atoms with Crippen molar-refractivity contribution in [3.05, 3.63) is 59.7 Å². The Labute approximate surface area is 103 Å². The molecule has 1 aliphatic heterocycles. The van der Waals surface area contributed by atoms with Crippen LogP contribution in [0, 0.1) is 0 Å². The molecule has 0 radical (unpaired) electrons. The molecule has 0 amide bonds. The quantitative estimate of drug-likeness (QED) is 0.800. The maximum atomic E-state index is 2.34. The maximum Gasteiger partial charge on any atom is 0.139 e. The lowest BCUT2D eigenvalue weighted by atomic mass is 10.1. The van der Waals surface area contributed by atoms with E-state index in [1.807, 2.05) is 0 Å². The van der Waals surface area contributed by atoms with E-state index >= 15 is 0 Å². The summed E-state index contributed by atoms with van der Waals surface area (Å²) in [5, 5.41) is 0. The first-order valence-corrected chi connectivity index (χ1v) is 6.42. The Morgan fingerprint density at radius 1 is 1.06 bits per heavy atom. The third-order valence-corrected chi connectivity index (χ3v) is 3.67. The molecule has 1 atom stereocenters. The molecule has 17 heavy (non-hydrogen) atoms. The summed E-state index contributed by atoms with van der Waals surface area (Å²) in [6.07, 6.45) is 2.31. The summed E-state index contributed by atoms with van der Waals surface area (Å²) in [7, 11) is 0. The van der Waals surface area contributed by atoms with Crippen molar-refractivity contribution in [1.82, 2.24) is 0 Å². The Hall–Kier alpha value is -1.60. The second-order valence-electron chi connectivity index (χ2n) is 4.69. The van der Waals surface area contributed by atoms with E-state index in [2.05, 4.69) is 55.5 Å². The lowest BCUT2D eigenvalue weighted by Gasteiger charge is -2.13. The molecule has 0 bridgehead atoms. The highest BCUT2D eigenvalue weighted by atomic mass is 15.2. The van der Waals surface area contributed by atoms with Crippen molar-refractivity contribution in [3.63, 3.8) is 0 Å². The highest BCUT2D eigenvalue weighted by Crippen LogP contribution is 2.19. The number of hydrogen-bond donors (Lipinski definition) is 1. The largest absolute Gasteiger partial charge is 0.270 e. The SMILES string of the molecule is CCc1cccc([NH+]2CCc3ccccc32)c1. The van der Waals surface area contributed by atoms with Crippen molar-refractivity contribution >= 4 is 11.4 Å². The van der Waals surface area contributed by atoms with Crippen molar-refractivity contribution in [2.45, 2.75) is 19.8 Å². The van der Waals surface area contributed by atoms with Crippen molar-refractivity contribution in [1.29, 1.82) is 0 Å². The lowest BCUT2D eigenvalue weighted by molar-refractivity contribution is -0.752. The van der Waals surface area contributed by atoms with E-state index in [0.717, 1.165) is 6.42 Å². The molecule has 1 nitrogen and oxygen atoms in total. The van der Waals surface area contributed by atoms with Gasteiger partial charge in [0.1, 0.15) is 11.4 Å². The molecule has 0 fully saturated rings. The second kappa shape index (κ2) is 4.34. The van der Waals surface area contributed by atoms with E-state index in [4.69, 9.17) is 0 Å². The summed E-state index contributed by atoms with van der Waals surface area (Å²) in [5.41, 5.74) is 5.80. The van der Waals surface area contributed by atoms with Crippen LogP contribution in [-0.2, 0) is 12.8 Å². The molecule has 3 rings (SSSR count). The average Bonchev–Trinajstić information content (AvgIpc) is 2.82. The zero-order valence-electron chi connectivity index (χ0n) is 10.2. The Morgan fingerprint density at radius 2 is 1.94 bits per heavy atom. The predicted octanol–water partition coefficient (Wildman–Crippen LogP) is 2.65. The van der Waals surface area contributed by atoms with Gasteiger partial charge in [-0.15, -0.1) is 0 Å². The predicted molar refractivity (Wildman–Crippen MR) is 71.1 cm³/mol. The van der Waals surface area contributed by atoms with Gasteiger partial charge in [0, 0.05) is 18.1 Å². The number of nitrogens with one attached hydrogen (secondary N) is 1. The van der Waals surface area contributed by atoms with Crippen molar-refractivity contribution in [2.24, 2.45) is 0 Å². The monoisotopic (exact) mass is 224 g/mol. The average molecular weight is 224 g/mol. The number of aryl methyl sites for hydroxylation is 1. The normalized spacial score (nSPS) is 18.1. The van der Waals surface area contributed by atoms with E-state index in [-0.39, 0.29) is 0 Å². The van der Waals surface area contributed by atoms with Gasteiger partial charge in [-0.1, -0.05) is 37.3 Å². The van der Waals surface area contributed by atoms with E-state index < -0.39 is 0 Å². The van der Waals surface area contributed by atoms with Crippen LogP contribution in [0.3, 0.4) is 0 Å². The molecule has 1 heterocycles. The van der Waals surface area contributed by atoms with Crippen LogP contribution in [0.1, 0.15) is 18.1 Å². The first-order chi connectivity index (χ1) is 8.38. The maximum absolute atomic E-state index is 2.34. The number of benzene rings is 2. The third-order valence-electron chi connectivity index (χ3n) is 3.67. The molecule has 0 saturated heterocycles. The topological polar surface area (TPSA) is 4.44 Å². The Morgan fingerprint density at radius 3 is 2.82 bits per heavy atom. The minimum Gasteiger partial charge on any atom is -0.270 e. The van der Waals surface area contributed by atoms with Gasteiger partial charge in [0.15, 0.2) is 0 Å². The number of fused-ring (bicyclic) bond motifs is 1. The minimum atomic E-state index is 1.11. The van der Waals surface area contributed by atoms with Gasteiger partial charge >= 0.3 is 0 Å². The Bertz CT molecular complexity index is 531. The number of hydrogen-bond acceptors (Lipinski definition) is 0. The molecular weight excluding hydrogens is 206 g/mol. The van der Waals surface area contributed by atoms with Gasteiger partial charge in [0.2, 0.25) is 0 Å². The minimum absolute atomic E-state index is 1.11. The molecular formula is C16H18N+. The van der Waals surface area contributed by atoms with Gasteiger partial charge in [-0.3, -0.25) is 4.90 Å². The molecule has 2 aromatic carbocycles. The number of quaternary nitrogens is 1. The van der Waals surface area contributed by atoms with Crippen molar-refractivity contribution in [3.8, 4) is 0 Å². The highest BCUT2D eigenvalue weighted by molar-refractivity contribution is 5.47. The van der Waals surface area contributed by atoms with Crippen LogP contribution in [0.5, 0.6) is 0 Å². The molecule has 86 valence electrons. The zero-order chi connectivity index (χ0) is 11.7. The van der Waals surface area contributed by atoms with Crippen LogP contribution in [0.25, 0.3) is 0 Å². The fourth-order valence-electron chi connectivity index (χ4n) is 2.71. The van der Waals surface area contributed by atoms with E-state index in [9.17, 15) is 0 Å². The molecule has 1 unspecified atom stereocenters. The molecule has 0 aliphatic carbocycles. The molecule has 0 aromatic heterocycles. The van der Waals surface area contributed by atoms with Gasteiger partial charge in [0.25, 0.3) is 0 Å². The standard InChI is InChI=1S/C16H17N/c1-2-13-6-5-8-15(12-13)17-11-10-14-7-3-4-9-16(14)17/h3-9,12H,2,10-11H2,1H3/p+1. The Balaban J connectivity index is 2.01. The van der Waals surface area contributed by atoms with Crippen LogP contribution in [-0.4, -0.2) is 6.54 Å². The third kappa shape index (κ3) is 1.87. The molecule has 0 saturated carbocycles. The van der Waals surface area contributed by atoms with Gasteiger partial charge in [-0.25, -0.2) is 0 Å². The summed E-state index contributed by atoms with van der Waals surface area (Å²) >= 11 is 0. The zero-order valence-corrected chi connectivity index (χ0v) is 10.2. The molecule has 1 aliphatic rings. The van der Waals surface area contributed by atoms with Gasteiger partial charge in [-0.05, 0) is 24.1 Å². The van der Waals surface area contributed by atoms with Crippen LogP contribution in [0.4, 0.5) is 11.4 Å². The lowest BCUT2D eigenvalue weighted by Crippen LogP contribution is -3.00. The second-order valence-corrected chi connectivity index (χ2v) is 4.69. The summed E-state index contributed by atoms with van der Waals surface area (Å²) in [5.74, 6) is 0. The van der Waals surface area contributed by atoms with Crippen LogP contribution in [0.15, 0.2) is 48.5 Å². The highest BCUT2D eigenvalue weighted by Gasteiger charge is 2.25. The van der Waals surface area contributed by atoms with Gasteiger partial charge < -0.3 is 0 Å². The summed E-state index contributed by atoms with van der Waals surface area (Å²) < 4.78 is 0. The van der Waals surface area contributed by atoms with E-state index in [0.29, 0.717) is 0 Å². The van der Waals surface area contributed by atoms with Crippen molar-refractivity contribution in [2.75, 3.05) is 6.54 Å². The van der Waals surface area contributed by atoms with Crippen LogP contribution in [0.2, 0.25) is 0 Å². The van der Waals surface area contributed by atoms with Crippen LogP contribution < -0.4 is 4.90 Å². The number of para-hydroxylation sites is 1. The smallest absolute Gasteiger partial charge is 0.139 e. The first kappa shape index (κ1) is 10.5. The summed E-state index contributed by atoms with van der Waals surface area (Å²) in [6.45, 7) is 3.40.